The molecular formula is C6H12I2O4. The maximum Gasteiger partial charge on any atom is 0.109 e. The van der Waals surface area contributed by atoms with E-state index in [1.807, 2.05) is 45.2 Å². The average Bonchev–Trinajstić information content (AvgIpc) is 2.12. The predicted molar refractivity (Wildman–Crippen MR) is 61.8 cm³/mol. The van der Waals surface area contributed by atoms with Crippen molar-refractivity contribution in [2.24, 2.45) is 0 Å². The highest BCUT2D eigenvalue weighted by molar-refractivity contribution is 14.1. The molecule has 0 rings (SSSR count). The van der Waals surface area contributed by atoms with E-state index >= 15 is 0 Å². The lowest BCUT2D eigenvalue weighted by atomic mass is 10.1. The fourth-order valence-corrected chi connectivity index (χ4v) is 1.68. The van der Waals surface area contributed by atoms with Crippen LogP contribution in [0.2, 0.25) is 0 Å². The molecule has 0 aromatic heterocycles. The van der Waals surface area contributed by atoms with Gasteiger partial charge in [-0.15, -0.1) is 0 Å². The van der Waals surface area contributed by atoms with Crippen molar-refractivity contribution in [3.8, 4) is 0 Å². The Morgan fingerprint density at radius 2 is 1.00 bits per heavy atom. The first kappa shape index (κ1) is 13.3. The third kappa shape index (κ3) is 4.01. The summed E-state index contributed by atoms with van der Waals surface area (Å²) in [5.41, 5.74) is 0. The Kier molecular flexibility index (Phi) is 7.44. The van der Waals surface area contributed by atoms with Crippen LogP contribution in [0, 0.1) is 0 Å². The molecule has 12 heavy (non-hydrogen) atoms. The van der Waals surface area contributed by atoms with Gasteiger partial charge in [-0.25, -0.2) is 0 Å². The molecule has 0 heterocycles. The minimum atomic E-state index is -1.27. The Hall–Kier alpha value is 1.30. The second kappa shape index (κ2) is 6.71. The van der Waals surface area contributed by atoms with Crippen molar-refractivity contribution in [2.75, 3.05) is 8.86 Å². The molecule has 0 aromatic rings. The molecule has 0 aromatic carbocycles. The van der Waals surface area contributed by atoms with Crippen LogP contribution in [-0.2, 0) is 0 Å². The van der Waals surface area contributed by atoms with Gasteiger partial charge in [-0.05, 0) is 0 Å². The molecule has 0 unspecified atom stereocenters. The van der Waals surface area contributed by atoms with Gasteiger partial charge >= 0.3 is 0 Å². The molecule has 0 saturated carbocycles. The number of halogens is 2. The van der Waals surface area contributed by atoms with E-state index in [-0.39, 0.29) is 0 Å². The van der Waals surface area contributed by atoms with Gasteiger partial charge in [0.2, 0.25) is 0 Å². The lowest BCUT2D eigenvalue weighted by Gasteiger charge is -2.24. The number of aliphatic hydroxyl groups is 4. The summed E-state index contributed by atoms with van der Waals surface area (Å²) in [7, 11) is 0. The van der Waals surface area contributed by atoms with Crippen LogP contribution < -0.4 is 0 Å². The van der Waals surface area contributed by atoms with E-state index in [4.69, 9.17) is 10.2 Å². The predicted octanol–water partition coefficient (Wildman–Crippen LogP) is -0.700. The second-order valence-corrected chi connectivity index (χ2v) is 4.19. The van der Waals surface area contributed by atoms with Gasteiger partial charge in [-0.1, -0.05) is 45.2 Å². The standard InChI is InChI=1S/C6H12I2O4/c7-1-3(9)5(11)6(12)4(10)2-8/h3-6,9-12H,1-2H2/t3-,4+,5-,6-/m1/s1. The Balaban J connectivity index is 3.99. The Bertz CT molecular complexity index is 110. The van der Waals surface area contributed by atoms with Gasteiger partial charge in [0.15, 0.2) is 0 Å². The van der Waals surface area contributed by atoms with Gasteiger partial charge < -0.3 is 20.4 Å². The molecule has 0 bridgehead atoms. The molecule has 0 saturated heterocycles. The summed E-state index contributed by atoms with van der Waals surface area (Å²) in [6.07, 6.45) is -4.52. The molecule has 0 aliphatic rings. The fraction of sp³-hybridized carbons (Fsp3) is 1.00. The zero-order chi connectivity index (χ0) is 9.72. The van der Waals surface area contributed by atoms with Crippen molar-refractivity contribution in [2.45, 2.75) is 24.4 Å². The maximum atomic E-state index is 9.22. The lowest BCUT2D eigenvalue weighted by Crippen LogP contribution is -2.45. The minimum Gasteiger partial charge on any atom is -0.390 e. The molecule has 4 nitrogen and oxygen atoms in total. The largest absolute Gasteiger partial charge is 0.390 e. The fourth-order valence-electron chi connectivity index (χ4n) is 0.638. The van der Waals surface area contributed by atoms with Crippen molar-refractivity contribution in [1.82, 2.24) is 0 Å². The highest BCUT2D eigenvalue weighted by atomic mass is 127. The number of hydrogen-bond donors (Lipinski definition) is 4. The monoisotopic (exact) mass is 402 g/mol. The molecule has 74 valence electrons. The summed E-state index contributed by atoms with van der Waals surface area (Å²) in [5.74, 6) is 0. The smallest absolute Gasteiger partial charge is 0.109 e. The van der Waals surface area contributed by atoms with Crippen LogP contribution in [0.3, 0.4) is 0 Å². The normalized spacial score (nSPS) is 21.5. The molecule has 0 aliphatic carbocycles. The van der Waals surface area contributed by atoms with E-state index in [0.717, 1.165) is 0 Å². The number of alkyl halides is 2. The van der Waals surface area contributed by atoms with Gasteiger partial charge in [0.1, 0.15) is 12.2 Å². The topological polar surface area (TPSA) is 80.9 Å². The molecular weight excluding hydrogens is 390 g/mol. The Morgan fingerprint density at radius 3 is 1.17 bits per heavy atom. The quantitative estimate of drug-likeness (QED) is 0.363. The first-order valence-corrected chi connectivity index (χ1v) is 6.43. The molecule has 0 spiro atoms. The summed E-state index contributed by atoms with van der Waals surface area (Å²) >= 11 is 3.79. The molecule has 6 heteroatoms. The van der Waals surface area contributed by atoms with Crippen LogP contribution in [-0.4, -0.2) is 53.7 Å². The van der Waals surface area contributed by atoms with Crippen LogP contribution in [0.15, 0.2) is 0 Å². The highest BCUT2D eigenvalue weighted by Gasteiger charge is 2.28. The average molecular weight is 402 g/mol. The van der Waals surface area contributed by atoms with Crippen LogP contribution >= 0.6 is 45.2 Å². The third-order valence-electron chi connectivity index (χ3n) is 1.45. The summed E-state index contributed by atoms with van der Waals surface area (Å²) in [6.45, 7) is 0. The van der Waals surface area contributed by atoms with Crippen molar-refractivity contribution in [3.05, 3.63) is 0 Å². The van der Waals surface area contributed by atoms with Crippen molar-refractivity contribution < 1.29 is 20.4 Å². The van der Waals surface area contributed by atoms with E-state index in [9.17, 15) is 10.2 Å². The molecule has 0 fully saturated rings. The first-order valence-electron chi connectivity index (χ1n) is 3.38. The van der Waals surface area contributed by atoms with E-state index in [1.54, 1.807) is 0 Å². The molecule has 0 aliphatic heterocycles. The molecule has 4 atom stereocenters. The molecule has 0 amide bonds. The summed E-state index contributed by atoms with van der Waals surface area (Å²) in [5, 5.41) is 36.7. The molecule has 4 N–H and O–H groups in total. The van der Waals surface area contributed by atoms with E-state index < -0.39 is 24.4 Å². The minimum absolute atomic E-state index is 0.323. The maximum absolute atomic E-state index is 9.22. The first-order chi connectivity index (χ1) is 5.54. The van der Waals surface area contributed by atoms with E-state index in [1.165, 1.54) is 0 Å². The van der Waals surface area contributed by atoms with E-state index in [2.05, 4.69) is 0 Å². The number of hydrogen-bond acceptors (Lipinski definition) is 4. The van der Waals surface area contributed by atoms with Crippen LogP contribution in [0.5, 0.6) is 0 Å². The SMILES string of the molecule is O[C@@H]([C@H](O)[C@@H](O)CI)[C@H](O)CI. The zero-order valence-electron chi connectivity index (χ0n) is 6.27. The zero-order valence-corrected chi connectivity index (χ0v) is 10.6. The van der Waals surface area contributed by atoms with Crippen LogP contribution in [0.4, 0.5) is 0 Å². The highest BCUT2D eigenvalue weighted by Crippen LogP contribution is 2.08. The van der Waals surface area contributed by atoms with Gasteiger partial charge in [-0.2, -0.15) is 0 Å². The van der Waals surface area contributed by atoms with Crippen LogP contribution in [0.25, 0.3) is 0 Å². The number of rotatable bonds is 5. The van der Waals surface area contributed by atoms with E-state index in [0.29, 0.717) is 8.86 Å². The second-order valence-electron chi connectivity index (χ2n) is 2.42. The summed E-state index contributed by atoms with van der Waals surface area (Å²) in [4.78, 5) is 0. The van der Waals surface area contributed by atoms with Gasteiger partial charge in [0, 0.05) is 8.86 Å². The van der Waals surface area contributed by atoms with Gasteiger partial charge in [-0.3, -0.25) is 0 Å². The van der Waals surface area contributed by atoms with Crippen molar-refractivity contribution >= 4 is 45.2 Å². The molecule has 0 radical (unpaired) electrons. The Labute approximate surface area is 98.3 Å². The number of aliphatic hydroxyl groups excluding tert-OH is 4. The Morgan fingerprint density at radius 1 is 0.750 bits per heavy atom. The lowest BCUT2D eigenvalue weighted by molar-refractivity contribution is -0.0908. The van der Waals surface area contributed by atoms with Crippen LogP contribution in [0.1, 0.15) is 0 Å². The summed E-state index contributed by atoms with van der Waals surface area (Å²) < 4.78 is 0.647. The van der Waals surface area contributed by atoms with Gasteiger partial charge in [0.25, 0.3) is 0 Å². The van der Waals surface area contributed by atoms with Gasteiger partial charge in [0.05, 0.1) is 12.2 Å². The third-order valence-corrected chi connectivity index (χ3v) is 3.26. The van der Waals surface area contributed by atoms with Crippen molar-refractivity contribution in [3.63, 3.8) is 0 Å². The summed E-state index contributed by atoms with van der Waals surface area (Å²) in [6, 6.07) is 0. The van der Waals surface area contributed by atoms with Crippen molar-refractivity contribution in [1.29, 1.82) is 0 Å².